The van der Waals surface area contributed by atoms with Gasteiger partial charge in [0.2, 0.25) is 0 Å². The molecule has 0 spiro atoms. The maximum atomic E-state index is 11.2. The molecule has 4 heteroatoms. The molecule has 0 aliphatic carbocycles. The van der Waals surface area contributed by atoms with Crippen LogP contribution in [0.15, 0.2) is 24.3 Å². The molecular formula is C23H38O4. The lowest BCUT2D eigenvalue weighted by Gasteiger charge is -2.08. The predicted octanol–water partition coefficient (Wildman–Crippen LogP) is 5.72. The lowest BCUT2D eigenvalue weighted by atomic mass is 10.0. The van der Waals surface area contributed by atoms with Crippen LogP contribution >= 0.6 is 0 Å². The van der Waals surface area contributed by atoms with Crippen LogP contribution in [-0.2, 0) is 20.7 Å². The molecule has 0 aliphatic rings. The quantitative estimate of drug-likeness (QED) is 0.257. The van der Waals surface area contributed by atoms with E-state index >= 15 is 0 Å². The fourth-order valence-corrected chi connectivity index (χ4v) is 2.85. The zero-order valence-corrected chi connectivity index (χ0v) is 17.3. The molecule has 0 aromatic heterocycles. The number of rotatable bonds is 17. The Bertz CT molecular complexity index is 470. The molecule has 0 aliphatic heterocycles. The number of carbonyl (C=O) groups excluding carboxylic acids is 1. The molecule has 0 saturated carbocycles. The average Bonchev–Trinajstić information content (AvgIpc) is 2.68. The molecule has 4 nitrogen and oxygen atoms in total. The second-order valence-corrected chi connectivity index (χ2v) is 6.95. The lowest BCUT2D eigenvalue weighted by molar-refractivity contribution is -0.145. The van der Waals surface area contributed by atoms with Gasteiger partial charge in [0.25, 0.3) is 0 Å². The minimum absolute atomic E-state index is 0.158. The molecule has 0 N–H and O–H groups in total. The van der Waals surface area contributed by atoms with Crippen molar-refractivity contribution >= 4 is 5.97 Å². The maximum absolute atomic E-state index is 11.2. The van der Waals surface area contributed by atoms with E-state index in [2.05, 4.69) is 19.1 Å². The lowest BCUT2D eigenvalue weighted by Crippen LogP contribution is -2.13. The molecule has 1 aromatic rings. The molecule has 1 aromatic carbocycles. The standard InChI is InChI=1S/C23H38O4/c1-3-5-6-7-8-9-10-12-21-13-15-22(16-14-21)26-19-17-25-18-20-27-23(24)11-4-2/h13-16H,3-12,17-20H2,1-2H3. The Hall–Kier alpha value is -1.55. The van der Waals surface area contributed by atoms with Gasteiger partial charge < -0.3 is 14.2 Å². The highest BCUT2D eigenvalue weighted by molar-refractivity contribution is 5.69. The van der Waals surface area contributed by atoms with Gasteiger partial charge in [-0.3, -0.25) is 4.79 Å². The summed E-state index contributed by atoms with van der Waals surface area (Å²) in [6.07, 6.45) is 11.8. The van der Waals surface area contributed by atoms with Gasteiger partial charge in [-0.05, 0) is 37.0 Å². The molecule has 0 amide bonds. The van der Waals surface area contributed by atoms with Crippen molar-refractivity contribution in [1.29, 1.82) is 0 Å². The number of unbranched alkanes of at least 4 members (excludes halogenated alkanes) is 6. The first-order valence-corrected chi connectivity index (χ1v) is 10.7. The summed E-state index contributed by atoms with van der Waals surface area (Å²) in [5, 5.41) is 0. The van der Waals surface area contributed by atoms with E-state index < -0.39 is 0 Å². The van der Waals surface area contributed by atoms with Crippen LogP contribution in [0.25, 0.3) is 0 Å². The Labute approximate surface area is 165 Å². The summed E-state index contributed by atoms with van der Waals surface area (Å²) in [7, 11) is 0. The Morgan fingerprint density at radius 3 is 2.15 bits per heavy atom. The molecule has 0 unspecified atom stereocenters. The SMILES string of the molecule is CCCCCCCCCc1ccc(OCCOCCOC(=O)CCC)cc1. The van der Waals surface area contributed by atoms with Gasteiger partial charge in [-0.15, -0.1) is 0 Å². The van der Waals surface area contributed by atoms with E-state index in [-0.39, 0.29) is 5.97 Å². The number of carbonyl (C=O) groups is 1. The minimum atomic E-state index is -0.158. The van der Waals surface area contributed by atoms with Crippen LogP contribution in [0.1, 0.15) is 77.2 Å². The van der Waals surface area contributed by atoms with Gasteiger partial charge >= 0.3 is 5.97 Å². The monoisotopic (exact) mass is 378 g/mol. The summed E-state index contributed by atoms with van der Waals surface area (Å²) in [6, 6.07) is 8.37. The van der Waals surface area contributed by atoms with E-state index in [4.69, 9.17) is 14.2 Å². The van der Waals surface area contributed by atoms with Gasteiger partial charge in [-0.1, -0.05) is 64.5 Å². The van der Waals surface area contributed by atoms with Crippen LogP contribution in [0.5, 0.6) is 5.75 Å². The van der Waals surface area contributed by atoms with Crippen molar-refractivity contribution in [3.63, 3.8) is 0 Å². The number of aryl methyl sites for hydroxylation is 1. The highest BCUT2D eigenvalue weighted by Crippen LogP contribution is 2.15. The van der Waals surface area contributed by atoms with E-state index in [0.29, 0.717) is 32.8 Å². The Morgan fingerprint density at radius 2 is 1.44 bits per heavy atom. The number of hydrogen-bond donors (Lipinski definition) is 0. The van der Waals surface area contributed by atoms with Gasteiger partial charge in [0.1, 0.15) is 19.0 Å². The van der Waals surface area contributed by atoms with Crippen LogP contribution in [-0.4, -0.2) is 32.4 Å². The predicted molar refractivity (Wildman–Crippen MR) is 110 cm³/mol. The van der Waals surface area contributed by atoms with Gasteiger partial charge in [0.05, 0.1) is 13.2 Å². The fourth-order valence-electron chi connectivity index (χ4n) is 2.85. The number of hydrogen-bond acceptors (Lipinski definition) is 4. The first kappa shape index (κ1) is 23.5. The van der Waals surface area contributed by atoms with Crippen LogP contribution in [0.3, 0.4) is 0 Å². The first-order valence-electron chi connectivity index (χ1n) is 10.7. The molecule has 27 heavy (non-hydrogen) atoms. The largest absolute Gasteiger partial charge is 0.491 e. The summed E-state index contributed by atoms with van der Waals surface area (Å²) in [6.45, 7) is 5.93. The van der Waals surface area contributed by atoms with E-state index in [0.717, 1.165) is 18.6 Å². The highest BCUT2D eigenvalue weighted by Gasteiger charge is 2.00. The van der Waals surface area contributed by atoms with Crippen molar-refractivity contribution in [3.8, 4) is 5.75 Å². The molecule has 154 valence electrons. The topological polar surface area (TPSA) is 44.8 Å². The van der Waals surface area contributed by atoms with E-state index in [9.17, 15) is 4.79 Å². The van der Waals surface area contributed by atoms with Crippen LogP contribution in [0.4, 0.5) is 0 Å². The molecule has 0 atom stereocenters. The van der Waals surface area contributed by atoms with Crippen molar-refractivity contribution in [2.45, 2.75) is 78.1 Å². The normalized spacial score (nSPS) is 10.7. The van der Waals surface area contributed by atoms with E-state index in [1.165, 1.54) is 50.5 Å². The molecule has 0 bridgehead atoms. The number of ether oxygens (including phenoxy) is 3. The minimum Gasteiger partial charge on any atom is -0.491 e. The Morgan fingerprint density at radius 1 is 0.778 bits per heavy atom. The van der Waals surface area contributed by atoms with Crippen molar-refractivity contribution in [2.75, 3.05) is 26.4 Å². The summed E-state index contributed by atoms with van der Waals surface area (Å²) < 4.78 is 16.1. The van der Waals surface area contributed by atoms with Gasteiger partial charge in [0, 0.05) is 6.42 Å². The molecular weight excluding hydrogens is 340 g/mol. The van der Waals surface area contributed by atoms with E-state index in [1.807, 2.05) is 19.1 Å². The zero-order valence-electron chi connectivity index (χ0n) is 17.3. The molecule has 0 saturated heterocycles. The van der Waals surface area contributed by atoms with Crippen molar-refractivity contribution in [3.05, 3.63) is 29.8 Å². The third-order valence-corrected chi connectivity index (χ3v) is 4.43. The summed E-state index contributed by atoms with van der Waals surface area (Å²) in [4.78, 5) is 11.2. The Balaban J connectivity index is 2.00. The third kappa shape index (κ3) is 13.3. The molecule has 0 radical (unpaired) electrons. The third-order valence-electron chi connectivity index (χ3n) is 4.43. The molecule has 0 heterocycles. The van der Waals surface area contributed by atoms with E-state index in [1.54, 1.807) is 0 Å². The number of esters is 1. The molecule has 0 fully saturated rings. The smallest absolute Gasteiger partial charge is 0.305 e. The first-order chi connectivity index (χ1) is 13.3. The summed E-state index contributed by atoms with van der Waals surface area (Å²) in [5.74, 6) is 0.713. The van der Waals surface area contributed by atoms with Crippen LogP contribution in [0, 0.1) is 0 Å². The second kappa shape index (κ2) is 16.6. The van der Waals surface area contributed by atoms with Crippen molar-refractivity contribution in [2.24, 2.45) is 0 Å². The second-order valence-electron chi connectivity index (χ2n) is 6.95. The average molecular weight is 379 g/mol. The summed E-state index contributed by atoms with van der Waals surface area (Å²) in [5.41, 5.74) is 1.38. The Kier molecular flexibility index (Phi) is 14.5. The van der Waals surface area contributed by atoms with Gasteiger partial charge in [-0.25, -0.2) is 0 Å². The maximum Gasteiger partial charge on any atom is 0.305 e. The van der Waals surface area contributed by atoms with Crippen LogP contribution in [0.2, 0.25) is 0 Å². The zero-order chi connectivity index (χ0) is 19.6. The molecule has 1 rings (SSSR count). The summed E-state index contributed by atoms with van der Waals surface area (Å²) >= 11 is 0. The van der Waals surface area contributed by atoms with Gasteiger partial charge in [-0.2, -0.15) is 0 Å². The highest BCUT2D eigenvalue weighted by atomic mass is 16.6. The van der Waals surface area contributed by atoms with Crippen LogP contribution < -0.4 is 4.74 Å². The van der Waals surface area contributed by atoms with Gasteiger partial charge in [0.15, 0.2) is 0 Å². The van der Waals surface area contributed by atoms with Crippen molar-refractivity contribution in [1.82, 2.24) is 0 Å². The fraction of sp³-hybridized carbons (Fsp3) is 0.696. The van der Waals surface area contributed by atoms with Crippen molar-refractivity contribution < 1.29 is 19.0 Å². The number of benzene rings is 1.